The third kappa shape index (κ3) is 3.87. The Balaban J connectivity index is 1.79. The van der Waals surface area contributed by atoms with Crippen molar-refractivity contribution in [3.8, 4) is 11.5 Å². The summed E-state index contributed by atoms with van der Waals surface area (Å²) in [5.41, 5.74) is 1.77. The van der Waals surface area contributed by atoms with E-state index in [1.165, 1.54) is 12.1 Å². The summed E-state index contributed by atoms with van der Waals surface area (Å²) < 4.78 is 23.7. The largest absolute Gasteiger partial charge is 0.497 e. The van der Waals surface area contributed by atoms with Crippen molar-refractivity contribution in [2.45, 2.75) is 18.9 Å². The predicted octanol–water partition coefficient (Wildman–Crippen LogP) is 4.22. The average Bonchev–Trinajstić information content (AvgIpc) is 3.16. The quantitative estimate of drug-likeness (QED) is 0.754. The van der Waals surface area contributed by atoms with Gasteiger partial charge in [-0.3, -0.25) is 4.79 Å². The summed E-state index contributed by atoms with van der Waals surface area (Å²) in [4.78, 5) is 14.5. The first-order valence-electron chi connectivity index (χ1n) is 8.58. The van der Waals surface area contributed by atoms with E-state index in [1.54, 1.807) is 38.5 Å². The van der Waals surface area contributed by atoms with Crippen LogP contribution in [0.25, 0.3) is 6.08 Å². The minimum Gasteiger partial charge on any atom is -0.497 e. The summed E-state index contributed by atoms with van der Waals surface area (Å²) in [6.45, 7) is 0.701. The maximum absolute atomic E-state index is 13.0. The maximum Gasteiger partial charge on any atom is 0.247 e. The monoisotopic (exact) mass is 355 g/mol. The maximum atomic E-state index is 13.0. The molecule has 1 fully saturated rings. The van der Waals surface area contributed by atoms with Gasteiger partial charge in [-0.05, 0) is 48.7 Å². The molecule has 1 aliphatic heterocycles. The van der Waals surface area contributed by atoms with Gasteiger partial charge in [-0.1, -0.05) is 12.1 Å². The van der Waals surface area contributed by atoms with Crippen LogP contribution in [0.15, 0.2) is 48.5 Å². The summed E-state index contributed by atoms with van der Waals surface area (Å²) in [5.74, 6) is 1.09. The van der Waals surface area contributed by atoms with E-state index >= 15 is 0 Å². The van der Waals surface area contributed by atoms with E-state index in [9.17, 15) is 9.18 Å². The molecular formula is C21H22FNO3. The fraction of sp³-hybridized carbons (Fsp3) is 0.286. The van der Waals surface area contributed by atoms with Crippen molar-refractivity contribution in [2.75, 3.05) is 20.8 Å². The Morgan fingerprint density at radius 2 is 1.92 bits per heavy atom. The lowest BCUT2D eigenvalue weighted by molar-refractivity contribution is -0.126. The van der Waals surface area contributed by atoms with Crippen molar-refractivity contribution in [2.24, 2.45) is 0 Å². The number of amides is 1. The Morgan fingerprint density at radius 1 is 1.15 bits per heavy atom. The van der Waals surface area contributed by atoms with E-state index in [2.05, 4.69) is 0 Å². The van der Waals surface area contributed by atoms with Crippen LogP contribution in [-0.4, -0.2) is 31.6 Å². The Morgan fingerprint density at radius 3 is 2.62 bits per heavy atom. The first-order chi connectivity index (χ1) is 12.6. The van der Waals surface area contributed by atoms with E-state index < -0.39 is 0 Å². The molecule has 1 aliphatic rings. The predicted molar refractivity (Wildman–Crippen MR) is 98.7 cm³/mol. The minimum atomic E-state index is -0.292. The van der Waals surface area contributed by atoms with Gasteiger partial charge in [0.25, 0.3) is 0 Å². The lowest BCUT2D eigenvalue weighted by Crippen LogP contribution is -2.29. The van der Waals surface area contributed by atoms with Crippen LogP contribution in [0.3, 0.4) is 0 Å². The lowest BCUT2D eigenvalue weighted by atomic mass is 10.0. The molecule has 2 aromatic carbocycles. The molecule has 4 nitrogen and oxygen atoms in total. The first-order valence-corrected chi connectivity index (χ1v) is 8.58. The highest BCUT2D eigenvalue weighted by Gasteiger charge is 2.30. The van der Waals surface area contributed by atoms with Crippen LogP contribution in [0.5, 0.6) is 11.5 Å². The smallest absolute Gasteiger partial charge is 0.247 e. The zero-order valence-electron chi connectivity index (χ0n) is 14.9. The van der Waals surface area contributed by atoms with Gasteiger partial charge in [-0.2, -0.15) is 0 Å². The van der Waals surface area contributed by atoms with Crippen molar-refractivity contribution in [3.05, 3.63) is 65.5 Å². The molecule has 1 atom stereocenters. The third-order valence-corrected chi connectivity index (χ3v) is 4.62. The third-order valence-electron chi connectivity index (χ3n) is 4.62. The number of halogens is 1. The molecule has 1 heterocycles. The van der Waals surface area contributed by atoms with Gasteiger partial charge in [-0.25, -0.2) is 4.39 Å². The molecule has 136 valence electrons. The Kier molecular flexibility index (Phi) is 5.56. The van der Waals surface area contributed by atoms with Crippen molar-refractivity contribution < 1.29 is 18.7 Å². The molecule has 0 aromatic heterocycles. The second-order valence-electron chi connectivity index (χ2n) is 6.18. The van der Waals surface area contributed by atoms with E-state index in [-0.39, 0.29) is 17.8 Å². The number of hydrogen-bond acceptors (Lipinski definition) is 3. The number of rotatable bonds is 5. The molecule has 2 aromatic rings. The van der Waals surface area contributed by atoms with Gasteiger partial charge in [0.2, 0.25) is 5.91 Å². The molecular weight excluding hydrogens is 333 g/mol. The number of nitrogens with zero attached hydrogens (tertiary/aromatic N) is 1. The van der Waals surface area contributed by atoms with Crippen LogP contribution in [0.2, 0.25) is 0 Å². The highest BCUT2D eigenvalue weighted by Crippen LogP contribution is 2.38. The van der Waals surface area contributed by atoms with Crippen LogP contribution in [-0.2, 0) is 4.79 Å². The number of likely N-dealkylation sites (tertiary alicyclic amines) is 1. The Hall–Kier alpha value is -2.82. The summed E-state index contributed by atoms with van der Waals surface area (Å²) >= 11 is 0. The summed E-state index contributed by atoms with van der Waals surface area (Å²) in [5, 5.41) is 0. The van der Waals surface area contributed by atoms with Crippen LogP contribution in [0, 0.1) is 5.82 Å². The Bertz CT molecular complexity index is 801. The molecule has 0 unspecified atom stereocenters. The van der Waals surface area contributed by atoms with Crippen LogP contribution in [0.4, 0.5) is 4.39 Å². The molecule has 1 saturated heterocycles. The fourth-order valence-electron chi connectivity index (χ4n) is 3.28. The van der Waals surface area contributed by atoms with E-state index in [4.69, 9.17) is 9.47 Å². The number of benzene rings is 2. The number of hydrogen-bond donors (Lipinski definition) is 0. The van der Waals surface area contributed by atoms with Crippen molar-refractivity contribution in [1.29, 1.82) is 0 Å². The number of carbonyl (C=O) groups excluding carboxylic acids is 1. The SMILES string of the molecule is COc1ccc([C@@H]2CCCN2C(=O)/C=C/c2ccc(F)cc2)c(OC)c1. The summed E-state index contributed by atoms with van der Waals surface area (Å²) in [7, 11) is 3.23. The zero-order chi connectivity index (χ0) is 18.5. The highest BCUT2D eigenvalue weighted by atomic mass is 19.1. The molecule has 1 amide bonds. The van der Waals surface area contributed by atoms with Gasteiger partial charge in [0, 0.05) is 24.3 Å². The topological polar surface area (TPSA) is 38.8 Å². The molecule has 0 saturated carbocycles. The van der Waals surface area contributed by atoms with E-state index in [0.29, 0.717) is 6.54 Å². The van der Waals surface area contributed by atoms with E-state index in [1.807, 2.05) is 23.1 Å². The van der Waals surface area contributed by atoms with Gasteiger partial charge >= 0.3 is 0 Å². The number of methoxy groups -OCH3 is 2. The van der Waals surface area contributed by atoms with Crippen molar-refractivity contribution >= 4 is 12.0 Å². The molecule has 5 heteroatoms. The lowest BCUT2D eigenvalue weighted by Gasteiger charge is -2.25. The molecule has 26 heavy (non-hydrogen) atoms. The van der Waals surface area contributed by atoms with Gasteiger partial charge in [0.15, 0.2) is 0 Å². The summed E-state index contributed by atoms with van der Waals surface area (Å²) in [6.07, 6.45) is 5.08. The Labute approximate surface area is 152 Å². The molecule has 0 aliphatic carbocycles. The van der Waals surface area contributed by atoms with Crippen molar-refractivity contribution in [3.63, 3.8) is 0 Å². The normalized spacial score (nSPS) is 16.9. The minimum absolute atomic E-state index is 0.0266. The summed E-state index contributed by atoms with van der Waals surface area (Å²) in [6, 6.07) is 11.7. The average molecular weight is 355 g/mol. The van der Waals surface area contributed by atoms with Gasteiger partial charge in [0.1, 0.15) is 17.3 Å². The second-order valence-corrected chi connectivity index (χ2v) is 6.18. The van der Waals surface area contributed by atoms with Crippen molar-refractivity contribution in [1.82, 2.24) is 4.90 Å². The van der Waals surface area contributed by atoms with Crippen LogP contribution < -0.4 is 9.47 Å². The molecule has 0 spiro atoms. The van der Waals surface area contributed by atoms with Gasteiger partial charge in [-0.15, -0.1) is 0 Å². The molecule has 0 bridgehead atoms. The number of carbonyl (C=O) groups is 1. The standard InChI is InChI=1S/C21H22FNO3/c1-25-17-10-11-18(20(14-17)26-2)19-4-3-13-23(19)21(24)12-7-15-5-8-16(22)9-6-15/h5-12,14,19H,3-4,13H2,1-2H3/b12-7+/t19-/m0/s1. The fourth-order valence-corrected chi connectivity index (χ4v) is 3.28. The molecule has 3 rings (SSSR count). The van der Waals surface area contributed by atoms with Gasteiger partial charge in [0.05, 0.1) is 20.3 Å². The first kappa shape index (κ1) is 18.0. The number of ether oxygens (including phenoxy) is 2. The second kappa shape index (κ2) is 8.04. The van der Waals surface area contributed by atoms with Gasteiger partial charge < -0.3 is 14.4 Å². The molecule has 0 radical (unpaired) electrons. The molecule has 0 N–H and O–H groups in total. The van der Waals surface area contributed by atoms with Crippen LogP contribution >= 0.6 is 0 Å². The zero-order valence-corrected chi connectivity index (χ0v) is 14.9. The highest BCUT2D eigenvalue weighted by molar-refractivity contribution is 5.92. The van der Waals surface area contributed by atoms with Crippen LogP contribution in [0.1, 0.15) is 30.0 Å². The van der Waals surface area contributed by atoms with E-state index in [0.717, 1.165) is 35.5 Å².